The number of hydrogen-bond donors (Lipinski definition) is 1. The Hall–Kier alpha value is -0.370. The van der Waals surface area contributed by atoms with Crippen LogP contribution in [0.25, 0.3) is 0 Å². The van der Waals surface area contributed by atoms with Gasteiger partial charge in [0, 0.05) is 0 Å². The van der Waals surface area contributed by atoms with Crippen LogP contribution in [0.4, 0.5) is 0 Å². The molecular formula is C6H15N2+. The van der Waals surface area contributed by atoms with E-state index in [1.807, 2.05) is 11.6 Å². The van der Waals surface area contributed by atoms with Gasteiger partial charge in [-0.3, -0.25) is 0 Å². The van der Waals surface area contributed by atoms with Crippen LogP contribution in [0, 0.1) is 0 Å². The van der Waals surface area contributed by atoms with Crippen LogP contribution in [0.15, 0.2) is 0 Å². The Morgan fingerprint density at radius 2 is 2.25 bits per heavy atom. The van der Waals surface area contributed by atoms with Gasteiger partial charge in [0.2, 0.25) is 0 Å². The quantitative estimate of drug-likeness (QED) is 0.308. The molecule has 0 atom stereocenters. The molecule has 0 aliphatic heterocycles. The van der Waals surface area contributed by atoms with E-state index in [0.717, 1.165) is 19.6 Å². The molecule has 0 unspecified atom stereocenters. The topological polar surface area (TPSA) is 15.0 Å². The summed E-state index contributed by atoms with van der Waals surface area (Å²) < 4.78 is 1.92. The first-order valence-electron chi connectivity index (χ1n) is 2.99. The van der Waals surface area contributed by atoms with Crippen LogP contribution in [0.2, 0.25) is 0 Å². The Kier molecular flexibility index (Phi) is 4.56. The van der Waals surface area contributed by atoms with E-state index >= 15 is 0 Å². The predicted octanol–water partition coefficient (Wildman–Crippen LogP) is -0.0612. The number of likely N-dealkylation sites (N-methyl/N-ethyl adjacent to an activating group) is 2. The molecule has 0 aromatic heterocycles. The summed E-state index contributed by atoms with van der Waals surface area (Å²) in [6.45, 7) is 8.91. The molecular weight excluding hydrogens is 100 g/mol. The van der Waals surface area contributed by atoms with E-state index in [9.17, 15) is 0 Å². The van der Waals surface area contributed by atoms with E-state index in [1.54, 1.807) is 0 Å². The van der Waals surface area contributed by atoms with Crippen molar-refractivity contribution in [1.29, 1.82) is 0 Å². The fraction of sp³-hybridized carbons (Fsp3) is 0.833. The number of hydrogen-bond acceptors (Lipinski definition) is 1. The summed E-state index contributed by atoms with van der Waals surface area (Å²) in [7, 11) is 1.97. The molecule has 0 fully saturated rings. The highest BCUT2D eigenvalue weighted by Crippen LogP contribution is 1.60. The third kappa shape index (κ3) is 5.63. The van der Waals surface area contributed by atoms with Crippen molar-refractivity contribution in [2.45, 2.75) is 6.92 Å². The van der Waals surface area contributed by atoms with Crippen LogP contribution >= 0.6 is 0 Å². The molecule has 0 aliphatic carbocycles. The molecule has 0 aromatic carbocycles. The van der Waals surface area contributed by atoms with Crippen LogP contribution in [0.3, 0.4) is 0 Å². The Morgan fingerprint density at radius 3 is 2.62 bits per heavy atom. The van der Waals surface area contributed by atoms with Crippen molar-refractivity contribution < 1.29 is 4.58 Å². The smallest absolute Gasteiger partial charge is 0.154 e. The maximum atomic E-state index is 3.70. The van der Waals surface area contributed by atoms with Crippen LogP contribution in [0.1, 0.15) is 6.92 Å². The monoisotopic (exact) mass is 115 g/mol. The number of nitrogens with one attached hydrogen (secondary N) is 1. The van der Waals surface area contributed by atoms with Gasteiger partial charge in [-0.05, 0) is 6.54 Å². The number of nitrogens with zero attached hydrogens (tertiary/aromatic N) is 1. The van der Waals surface area contributed by atoms with Gasteiger partial charge in [-0.1, -0.05) is 6.92 Å². The molecule has 2 heteroatoms. The summed E-state index contributed by atoms with van der Waals surface area (Å²) in [5, 5.41) is 3.20. The standard InChI is InChI=1S/C6H15N2/c1-4-7-5-6-8(2)3/h7H,2,4-6H2,1,3H3/q+1. The second-order valence-corrected chi connectivity index (χ2v) is 1.93. The lowest BCUT2D eigenvalue weighted by atomic mass is 10.6. The van der Waals surface area contributed by atoms with Crippen LogP contribution < -0.4 is 5.32 Å². The van der Waals surface area contributed by atoms with Gasteiger partial charge in [-0.2, -0.15) is 0 Å². The molecule has 0 aromatic rings. The SMILES string of the molecule is C=[N+](C)CCNCC. The summed E-state index contributed by atoms with van der Waals surface area (Å²) in [5.41, 5.74) is 0. The Morgan fingerprint density at radius 1 is 1.62 bits per heavy atom. The van der Waals surface area contributed by atoms with Crippen molar-refractivity contribution in [1.82, 2.24) is 5.32 Å². The molecule has 0 amide bonds. The molecule has 1 N–H and O–H groups in total. The van der Waals surface area contributed by atoms with E-state index in [1.165, 1.54) is 0 Å². The Labute approximate surface area is 51.2 Å². The molecule has 0 saturated heterocycles. The molecule has 0 heterocycles. The fourth-order valence-corrected chi connectivity index (χ4v) is 0.447. The fourth-order valence-electron chi connectivity index (χ4n) is 0.447. The molecule has 0 bridgehead atoms. The lowest BCUT2D eigenvalue weighted by Crippen LogP contribution is -2.22. The van der Waals surface area contributed by atoms with E-state index in [0.29, 0.717) is 0 Å². The first kappa shape index (κ1) is 7.63. The van der Waals surface area contributed by atoms with Gasteiger partial charge in [0.1, 0.15) is 13.8 Å². The van der Waals surface area contributed by atoms with Gasteiger partial charge in [0.15, 0.2) is 6.54 Å². The second-order valence-electron chi connectivity index (χ2n) is 1.93. The maximum absolute atomic E-state index is 3.70. The lowest BCUT2D eigenvalue weighted by Gasteiger charge is -1.95. The lowest BCUT2D eigenvalue weighted by molar-refractivity contribution is -0.486. The summed E-state index contributed by atoms with van der Waals surface area (Å²) in [5.74, 6) is 0. The summed E-state index contributed by atoms with van der Waals surface area (Å²) in [6, 6.07) is 0. The Balaban J connectivity index is 2.82. The largest absolute Gasteiger partial charge is 0.311 e. The second kappa shape index (κ2) is 4.78. The minimum atomic E-state index is 1.02. The van der Waals surface area contributed by atoms with Crippen molar-refractivity contribution in [3.05, 3.63) is 0 Å². The average Bonchev–Trinajstić information content (AvgIpc) is 1.66. The maximum Gasteiger partial charge on any atom is 0.154 e. The van der Waals surface area contributed by atoms with Crippen LogP contribution in [-0.2, 0) is 0 Å². The summed E-state index contributed by atoms with van der Waals surface area (Å²) >= 11 is 0. The predicted molar refractivity (Wildman–Crippen MR) is 36.7 cm³/mol. The molecule has 0 radical (unpaired) electrons. The highest BCUT2D eigenvalue weighted by molar-refractivity contribution is 5.14. The molecule has 0 spiro atoms. The molecule has 2 nitrogen and oxygen atoms in total. The first-order chi connectivity index (χ1) is 3.77. The van der Waals surface area contributed by atoms with Gasteiger partial charge in [-0.15, -0.1) is 0 Å². The summed E-state index contributed by atoms with van der Waals surface area (Å²) in [4.78, 5) is 0. The van der Waals surface area contributed by atoms with Crippen molar-refractivity contribution in [3.63, 3.8) is 0 Å². The van der Waals surface area contributed by atoms with Gasteiger partial charge < -0.3 is 5.32 Å². The Bertz CT molecular complexity index is 68.9. The molecule has 0 saturated carbocycles. The third-order valence-electron chi connectivity index (χ3n) is 0.920. The zero-order valence-electron chi connectivity index (χ0n) is 5.78. The third-order valence-corrected chi connectivity index (χ3v) is 0.920. The zero-order chi connectivity index (χ0) is 6.41. The van der Waals surface area contributed by atoms with Gasteiger partial charge >= 0.3 is 0 Å². The van der Waals surface area contributed by atoms with E-state index in [2.05, 4.69) is 19.0 Å². The van der Waals surface area contributed by atoms with E-state index in [-0.39, 0.29) is 0 Å². The number of rotatable bonds is 4. The zero-order valence-corrected chi connectivity index (χ0v) is 5.78. The minimum absolute atomic E-state index is 1.02. The van der Waals surface area contributed by atoms with Crippen molar-refractivity contribution >= 4 is 6.72 Å². The van der Waals surface area contributed by atoms with Gasteiger partial charge in [-0.25, -0.2) is 4.58 Å². The minimum Gasteiger partial charge on any atom is -0.311 e. The van der Waals surface area contributed by atoms with Gasteiger partial charge in [0.05, 0.1) is 6.54 Å². The van der Waals surface area contributed by atoms with E-state index < -0.39 is 0 Å². The van der Waals surface area contributed by atoms with E-state index in [4.69, 9.17) is 0 Å². The average molecular weight is 115 g/mol. The van der Waals surface area contributed by atoms with Crippen LogP contribution in [-0.4, -0.2) is 38.0 Å². The van der Waals surface area contributed by atoms with Crippen LogP contribution in [0.5, 0.6) is 0 Å². The van der Waals surface area contributed by atoms with Crippen molar-refractivity contribution in [3.8, 4) is 0 Å². The summed E-state index contributed by atoms with van der Waals surface area (Å²) in [6.07, 6.45) is 0. The molecule has 48 valence electrons. The molecule has 0 rings (SSSR count). The van der Waals surface area contributed by atoms with Crippen molar-refractivity contribution in [2.75, 3.05) is 26.7 Å². The van der Waals surface area contributed by atoms with Crippen molar-refractivity contribution in [2.24, 2.45) is 0 Å². The highest BCUT2D eigenvalue weighted by Gasteiger charge is 1.87. The van der Waals surface area contributed by atoms with Gasteiger partial charge in [0.25, 0.3) is 0 Å². The normalized spacial score (nSPS) is 9.25. The highest BCUT2D eigenvalue weighted by atomic mass is 15.0. The first-order valence-corrected chi connectivity index (χ1v) is 2.99. The molecule has 0 aliphatic rings. The molecule has 8 heavy (non-hydrogen) atoms.